The van der Waals surface area contributed by atoms with Gasteiger partial charge in [0.2, 0.25) is 0 Å². The second kappa shape index (κ2) is 4.54. The van der Waals surface area contributed by atoms with Crippen LogP contribution in [0.2, 0.25) is 0 Å². The zero-order valence-corrected chi connectivity index (χ0v) is 10.0. The van der Waals surface area contributed by atoms with Crippen LogP contribution in [-0.2, 0) is 6.67 Å². The Hall–Kier alpha value is -2.67. The molecule has 0 fully saturated rings. The molecule has 0 saturated heterocycles. The van der Waals surface area contributed by atoms with Crippen molar-refractivity contribution in [1.82, 2.24) is 19.9 Å². The van der Waals surface area contributed by atoms with Gasteiger partial charge in [0, 0.05) is 11.8 Å². The minimum atomic E-state index is 0.194. The summed E-state index contributed by atoms with van der Waals surface area (Å²) in [7, 11) is 0. The molecule has 0 atom stereocenters. The molecule has 4 N–H and O–H groups in total. The lowest BCUT2D eigenvalue weighted by atomic mass is 10.2. The number of nitrogen functional groups attached to an aromatic ring is 1. The smallest absolute Gasteiger partial charge is 0.199 e. The molecule has 0 amide bonds. The van der Waals surface area contributed by atoms with Crippen molar-refractivity contribution in [1.29, 1.82) is 0 Å². The fourth-order valence-electron chi connectivity index (χ4n) is 1.84. The molecular formula is C12H12N6O. The zero-order chi connectivity index (χ0) is 13.2. The second-order valence-electron chi connectivity index (χ2n) is 3.97. The van der Waals surface area contributed by atoms with Crippen molar-refractivity contribution in [2.75, 3.05) is 5.73 Å². The Bertz CT molecular complexity index is 687. The summed E-state index contributed by atoms with van der Waals surface area (Å²) in [6.07, 6.45) is 1.85. The third kappa shape index (κ3) is 1.95. The molecule has 19 heavy (non-hydrogen) atoms. The summed E-state index contributed by atoms with van der Waals surface area (Å²) < 4.78 is 6.34. The molecule has 3 rings (SSSR count). The first-order valence-electron chi connectivity index (χ1n) is 5.70. The van der Waals surface area contributed by atoms with Gasteiger partial charge in [-0.1, -0.05) is 30.3 Å². The molecule has 2 heterocycles. The van der Waals surface area contributed by atoms with E-state index in [0.717, 1.165) is 11.3 Å². The van der Waals surface area contributed by atoms with E-state index in [-0.39, 0.29) is 12.5 Å². The maximum atomic E-state index is 5.70. The Morgan fingerprint density at radius 2 is 1.95 bits per heavy atom. The first-order valence-corrected chi connectivity index (χ1v) is 5.70. The van der Waals surface area contributed by atoms with Crippen LogP contribution in [0.25, 0.3) is 22.8 Å². The van der Waals surface area contributed by atoms with E-state index >= 15 is 0 Å². The molecule has 7 nitrogen and oxygen atoms in total. The van der Waals surface area contributed by atoms with E-state index in [1.54, 1.807) is 4.57 Å². The van der Waals surface area contributed by atoms with Crippen molar-refractivity contribution in [2.45, 2.75) is 6.67 Å². The van der Waals surface area contributed by atoms with E-state index in [4.69, 9.17) is 11.5 Å². The van der Waals surface area contributed by atoms with Gasteiger partial charge >= 0.3 is 0 Å². The Kier molecular flexibility index (Phi) is 2.73. The van der Waals surface area contributed by atoms with Crippen molar-refractivity contribution >= 4 is 5.82 Å². The number of hydrogen-bond acceptors (Lipinski definition) is 6. The van der Waals surface area contributed by atoms with E-state index in [0.29, 0.717) is 11.5 Å². The lowest BCUT2D eigenvalue weighted by Crippen LogP contribution is -2.08. The summed E-state index contributed by atoms with van der Waals surface area (Å²) >= 11 is 0. The molecule has 0 saturated carbocycles. The molecule has 0 radical (unpaired) electrons. The zero-order valence-electron chi connectivity index (χ0n) is 10.0. The van der Waals surface area contributed by atoms with Crippen molar-refractivity contribution < 1.29 is 4.63 Å². The number of aromatic nitrogens is 4. The van der Waals surface area contributed by atoms with E-state index < -0.39 is 0 Å². The number of rotatable bonds is 3. The van der Waals surface area contributed by atoms with Gasteiger partial charge in [0.05, 0.1) is 12.4 Å². The van der Waals surface area contributed by atoms with E-state index in [2.05, 4.69) is 19.9 Å². The largest absolute Gasteiger partial charge is 0.379 e. The summed E-state index contributed by atoms with van der Waals surface area (Å²) in [5.41, 5.74) is 13.6. The maximum absolute atomic E-state index is 5.70. The number of nitrogens with two attached hydrogens (primary N) is 2. The predicted octanol–water partition coefficient (Wildman–Crippen LogP) is 1.10. The molecule has 0 aliphatic heterocycles. The van der Waals surface area contributed by atoms with E-state index in [9.17, 15) is 0 Å². The molecule has 0 unspecified atom stereocenters. The molecular weight excluding hydrogens is 244 g/mol. The van der Waals surface area contributed by atoms with E-state index in [1.165, 1.54) is 0 Å². The summed E-state index contributed by atoms with van der Waals surface area (Å²) in [6.45, 7) is 0.265. The van der Waals surface area contributed by atoms with Gasteiger partial charge in [-0.15, -0.1) is 0 Å². The minimum Gasteiger partial charge on any atom is -0.379 e. The van der Waals surface area contributed by atoms with Crippen LogP contribution in [-0.4, -0.2) is 19.9 Å². The number of hydrogen-bond donors (Lipinski definition) is 2. The van der Waals surface area contributed by atoms with Crippen LogP contribution >= 0.6 is 0 Å². The fourth-order valence-corrected chi connectivity index (χ4v) is 1.84. The van der Waals surface area contributed by atoms with Crippen LogP contribution in [0.5, 0.6) is 0 Å². The average molecular weight is 256 g/mol. The van der Waals surface area contributed by atoms with Crippen molar-refractivity contribution in [3.05, 3.63) is 36.5 Å². The van der Waals surface area contributed by atoms with Gasteiger partial charge in [-0.05, 0) is 10.3 Å². The van der Waals surface area contributed by atoms with Gasteiger partial charge in [0.25, 0.3) is 0 Å². The summed E-state index contributed by atoms with van der Waals surface area (Å²) in [5.74, 6) is 0.736. The van der Waals surface area contributed by atoms with Crippen LogP contribution in [0.4, 0.5) is 5.82 Å². The fraction of sp³-hybridized carbons (Fsp3) is 0.0833. The third-order valence-corrected chi connectivity index (χ3v) is 2.77. The Labute approximate surface area is 108 Å². The van der Waals surface area contributed by atoms with Gasteiger partial charge in [-0.3, -0.25) is 0 Å². The third-order valence-electron chi connectivity index (χ3n) is 2.77. The molecule has 7 heteroatoms. The van der Waals surface area contributed by atoms with Gasteiger partial charge in [0.1, 0.15) is 0 Å². The lowest BCUT2D eigenvalue weighted by Gasteiger charge is -1.99. The molecule has 0 aliphatic rings. The first kappa shape index (κ1) is 11.4. The standard InChI is InChI=1S/C12H12N6O/c13-7-18-6-9(8-4-2-1-3-5-8)15-12(18)10-11(14)17-19-16-10/h1-6H,7,13H2,(H2,14,17). The normalized spacial score (nSPS) is 10.8. The highest BCUT2D eigenvalue weighted by molar-refractivity contribution is 5.68. The number of benzene rings is 1. The van der Waals surface area contributed by atoms with Gasteiger partial charge in [0.15, 0.2) is 17.3 Å². The molecule has 1 aromatic carbocycles. The van der Waals surface area contributed by atoms with Gasteiger partial charge in [-0.25, -0.2) is 9.61 Å². The molecule has 2 aromatic heterocycles. The summed E-state index contributed by atoms with van der Waals surface area (Å²) in [4.78, 5) is 4.50. The number of anilines is 1. The Morgan fingerprint density at radius 3 is 2.58 bits per heavy atom. The maximum Gasteiger partial charge on any atom is 0.199 e. The van der Waals surface area contributed by atoms with Crippen LogP contribution in [0.15, 0.2) is 41.2 Å². The highest BCUT2D eigenvalue weighted by Gasteiger charge is 2.17. The topological polar surface area (TPSA) is 109 Å². The van der Waals surface area contributed by atoms with Crippen molar-refractivity contribution in [3.63, 3.8) is 0 Å². The predicted molar refractivity (Wildman–Crippen MR) is 69.6 cm³/mol. The summed E-state index contributed by atoms with van der Waals surface area (Å²) in [6, 6.07) is 9.78. The Balaban J connectivity index is 2.12. The Morgan fingerprint density at radius 1 is 1.16 bits per heavy atom. The van der Waals surface area contributed by atoms with E-state index in [1.807, 2.05) is 36.5 Å². The quantitative estimate of drug-likeness (QED) is 0.726. The minimum absolute atomic E-state index is 0.194. The van der Waals surface area contributed by atoms with Gasteiger partial charge < -0.3 is 16.0 Å². The molecule has 0 spiro atoms. The highest BCUT2D eigenvalue weighted by atomic mass is 16.6. The van der Waals surface area contributed by atoms with Gasteiger partial charge in [-0.2, -0.15) is 0 Å². The van der Waals surface area contributed by atoms with Crippen LogP contribution in [0.1, 0.15) is 0 Å². The molecule has 0 aliphatic carbocycles. The molecule has 0 bridgehead atoms. The van der Waals surface area contributed by atoms with Crippen molar-refractivity contribution in [2.24, 2.45) is 5.73 Å². The number of nitrogens with zero attached hydrogens (tertiary/aromatic N) is 4. The average Bonchev–Trinajstić information content (AvgIpc) is 3.05. The highest BCUT2D eigenvalue weighted by Crippen LogP contribution is 2.25. The van der Waals surface area contributed by atoms with Crippen LogP contribution < -0.4 is 11.5 Å². The SMILES string of the molecule is NCn1cc(-c2ccccc2)nc1-c1nonc1N. The van der Waals surface area contributed by atoms with Crippen molar-refractivity contribution in [3.8, 4) is 22.8 Å². The lowest BCUT2D eigenvalue weighted by molar-refractivity contribution is 0.310. The summed E-state index contributed by atoms with van der Waals surface area (Å²) in [5, 5.41) is 7.30. The van der Waals surface area contributed by atoms with Crippen LogP contribution in [0, 0.1) is 0 Å². The number of imidazole rings is 1. The first-order chi connectivity index (χ1) is 9.29. The monoisotopic (exact) mass is 256 g/mol. The molecule has 3 aromatic rings. The second-order valence-corrected chi connectivity index (χ2v) is 3.97. The van der Waals surface area contributed by atoms with Crippen LogP contribution in [0.3, 0.4) is 0 Å². The molecule has 96 valence electrons.